The first-order valence-electron chi connectivity index (χ1n) is 7.47. The van der Waals surface area contributed by atoms with Crippen LogP contribution in [-0.4, -0.2) is 17.7 Å². The van der Waals surface area contributed by atoms with Gasteiger partial charge < -0.3 is 19.2 Å². The van der Waals surface area contributed by atoms with Gasteiger partial charge in [0.15, 0.2) is 17.3 Å². The third kappa shape index (κ3) is 2.69. The van der Waals surface area contributed by atoms with Gasteiger partial charge in [-0.15, -0.1) is 0 Å². The molecule has 1 N–H and O–H groups in total. The lowest BCUT2D eigenvalue weighted by atomic mass is 10.1. The van der Waals surface area contributed by atoms with E-state index < -0.39 is 0 Å². The van der Waals surface area contributed by atoms with Crippen LogP contribution in [-0.2, 0) is 6.54 Å². The number of rotatable bonds is 4. The van der Waals surface area contributed by atoms with Crippen molar-refractivity contribution in [1.82, 2.24) is 10.3 Å². The number of fused-ring (bicyclic) bond motifs is 1. The minimum atomic E-state index is -0.192. The number of hydrogen-bond donors (Lipinski definition) is 1. The molecule has 0 spiro atoms. The smallest absolute Gasteiger partial charge is 0.251 e. The van der Waals surface area contributed by atoms with Crippen molar-refractivity contribution in [2.24, 2.45) is 0 Å². The molecular formula is C18H14N2O4. The number of furan rings is 1. The Labute approximate surface area is 138 Å². The molecule has 0 radical (unpaired) electrons. The highest BCUT2D eigenvalue weighted by Gasteiger charge is 2.16. The summed E-state index contributed by atoms with van der Waals surface area (Å²) >= 11 is 0. The highest BCUT2D eigenvalue weighted by Crippen LogP contribution is 2.32. The van der Waals surface area contributed by atoms with E-state index in [4.69, 9.17) is 13.9 Å². The summed E-state index contributed by atoms with van der Waals surface area (Å²) in [5.74, 6) is 1.71. The van der Waals surface area contributed by atoms with E-state index in [1.807, 2.05) is 18.2 Å². The summed E-state index contributed by atoms with van der Waals surface area (Å²) in [6.07, 6.45) is 3.29. The number of carbonyl (C=O) groups is 1. The monoisotopic (exact) mass is 322 g/mol. The predicted molar refractivity (Wildman–Crippen MR) is 85.7 cm³/mol. The molecule has 0 fully saturated rings. The lowest BCUT2D eigenvalue weighted by Gasteiger charge is -2.09. The van der Waals surface area contributed by atoms with Gasteiger partial charge in [0.1, 0.15) is 5.69 Å². The molecular weight excluding hydrogens is 308 g/mol. The Morgan fingerprint density at radius 2 is 2.04 bits per heavy atom. The number of benzene rings is 1. The third-order valence-electron chi connectivity index (χ3n) is 3.72. The fourth-order valence-corrected chi connectivity index (χ4v) is 2.53. The highest BCUT2D eigenvalue weighted by molar-refractivity contribution is 5.95. The summed E-state index contributed by atoms with van der Waals surface area (Å²) < 4.78 is 15.9. The molecule has 4 rings (SSSR count). The molecule has 6 heteroatoms. The van der Waals surface area contributed by atoms with Gasteiger partial charge in [0.25, 0.3) is 5.91 Å². The highest BCUT2D eigenvalue weighted by atomic mass is 16.7. The summed E-state index contributed by atoms with van der Waals surface area (Å²) in [6, 6.07) is 12.5. The van der Waals surface area contributed by atoms with Crippen LogP contribution in [0.25, 0.3) is 11.5 Å². The fraction of sp³-hybridized carbons (Fsp3) is 0.111. The fourth-order valence-electron chi connectivity index (χ4n) is 2.53. The quantitative estimate of drug-likeness (QED) is 0.799. The maximum absolute atomic E-state index is 12.4. The summed E-state index contributed by atoms with van der Waals surface area (Å²) in [6.45, 7) is 0.528. The molecule has 0 bridgehead atoms. The zero-order valence-electron chi connectivity index (χ0n) is 12.7. The summed E-state index contributed by atoms with van der Waals surface area (Å²) in [5.41, 5.74) is 2.11. The number of pyridine rings is 1. The molecule has 1 aliphatic rings. The van der Waals surface area contributed by atoms with Crippen LogP contribution in [0.5, 0.6) is 11.5 Å². The molecule has 1 amide bonds. The number of amides is 1. The maximum atomic E-state index is 12.4. The lowest BCUT2D eigenvalue weighted by molar-refractivity contribution is 0.0950. The molecule has 3 heterocycles. The first-order chi connectivity index (χ1) is 11.8. The predicted octanol–water partition coefficient (Wildman–Crippen LogP) is 3.00. The van der Waals surface area contributed by atoms with E-state index in [-0.39, 0.29) is 12.7 Å². The summed E-state index contributed by atoms with van der Waals surface area (Å²) in [4.78, 5) is 16.7. The first kappa shape index (κ1) is 14.3. The Hall–Kier alpha value is -3.28. The Kier molecular flexibility index (Phi) is 3.63. The van der Waals surface area contributed by atoms with E-state index in [1.165, 1.54) is 0 Å². The molecule has 2 aromatic heterocycles. The van der Waals surface area contributed by atoms with Crippen molar-refractivity contribution in [2.45, 2.75) is 6.54 Å². The van der Waals surface area contributed by atoms with Crippen molar-refractivity contribution in [3.05, 3.63) is 66.1 Å². The lowest BCUT2D eigenvalue weighted by Crippen LogP contribution is -2.23. The van der Waals surface area contributed by atoms with E-state index in [0.29, 0.717) is 35.1 Å². The molecule has 0 saturated heterocycles. The Morgan fingerprint density at radius 3 is 2.92 bits per heavy atom. The third-order valence-corrected chi connectivity index (χ3v) is 3.72. The Bertz CT molecular complexity index is 874. The number of nitrogens with zero attached hydrogens (tertiary/aromatic N) is 1. The van der Waals surface area contributed by atoms with E-state index in [1.54, 1.807) is 36.7 Å². The molecule has 3 aromatic rings. The minimum absolute atomic E-state index is 0.183. The first-order valence-corrected chi connectivity index (χ1v) is 7.47. The van der Waals surface area contributed by atoms with Crippen LogP contribution in [0, 0.1) is 0 Å². The molecule has 0 saturated carbocycles. The second-order valence-corrected chi connectivity index (χ2v) is 5.24. The van der Waals surface area contributed by atoms with Crippen LogP contribution in [0.4, 0.5) is 0 Å². The van der Waals surface area contributed by atoms with Gasteiger partial charge in [0, 0.05) is 23.9 Å². The Balaban J connectivity index is 1.50. The van der Waals surface area contributed by atoms with E-state index in [9.17, 15) is 4.79 Å². The zero-order valence-corrected chi connectivity index (χ0v) is 12.7. The molecule has 1 aromatic carbocycles. The van der Waals surface area contributed by atoms with Crippen LogP contribution in [0.2, 0.25) is 0 Å². The van der Waals surface area contributed by atoms with Crippen molar-refractivity contribution < 1.29 is 18.7 Å². The SMILES string of the molecule is O=C(NCc1cccnc1-c1ccco1)c1ccc2c(c1)OCO2. The molecule has 0 unspecified atom stereocenters. The summed E-state index contributed by atoms with van der Waals surface area (Å²) in [7, 11) is 0. The van der Waals surface area contributed by atoms with Crippen molar-refractivity contribution in [2.75, 3.05) is 6.79 Å². The number of nitrogens with one attached hydrogen (secondary N) is 1. The van der Waals surface area contributed by atoms with Crippen molar-refractivity contribution in [3.8, 4) is 23.0 Å². The molecule has 0 atom stereocenters. The summed E-state index contributed by atoms with van der Waals surface area (Å²) in [5, 5.41) is 2.89. The number of aromatic nitrogens is 1. The van der Waals surface area contributed by atoms with Gasteiger partial charge >= 0.3 is 0 Å². The van der Waals surface area contributed by atoms with E-state index in [0.717, 1.165) is 5.56 Å². The van der Waals surface area contributed by atoms with Gasteiger partial charge in [-0.3, -0.25) is 9.78 Å². The van der Waals surface area contributed by atoms with Gasteiger partial charge in [-0.05, 0) is 36.4 Å². The van der Waals surface area contributed by atoms with Crippen LogP contribution < -0.4 is 14.8 Å². The normalized spacial score (nSPS) is 12.2. The van der Waals surface area contributed by atoms with Crippen LogP contribution in [0.1, 0.15) is 15.9 Å². The Morgan fingerprint density at radius 1 is 1.12 bits per heavy atom. The van der Waals surface area contributed by atoms with Crippen molar-refractivity contribution >= 4 is 5.91 Å². The van der Waals surface area contributed by atoms with E-state index in [2.05, 4.69) is 10.3 Å². The molecule has 6 nitrogen and oxygen atoms in total. The van der Waals surface area contributed by atoms with E-state index >= 15 is 0 Å². The standard InChI is InChI=1S/C18H14N2O4/c21-18(12-5-6-14-16(9-12)24-11-23-14)20-10-13-3-1-7-19-17(13)15-4-2-8-22-15/h1-9H,10-11H2,(H,20,21). The van der Waals surface area contributed by atoms with Crippen LogP contribution >= 0.6 is 0 Å². The molecule has 1 aliphatic heterocycles. The second-order valence-electron chi connectivity index (χ2n) is 5.24. The number of carbonyl (C=O) groups excluding carboxylic acids is 1. The van der Waals surface area contributed by atoms with Crippen LogP contribution in [0.15, 0.2) is 59.3 Å². The zero-order chi connectivity index (χ0) is 16.4. The molecule has 0 aliphatic carbocycles. The average Bonchev–Trinajstić information content (AvgIpc) is 3.30. The number of hydrogen-bond acceptors (Lipinski definition) is 5. The van der Waals surface area contributed by atoms with Crippen molar-refractivity contribution in [3.63, 3.8) is 0 Å². The van der Waals surface area contributed by atoms with Crippen molar-refractivity contribution in [1.29, 1.82) is 0 Å². The van der Waals surface area contributed by atoms with Crippen LogP contribution in [0.3, 0.4) is 0 Å². The maximum Gasteiger partial charge on any atom is 0.251 e. The van der Waals surface area contributed by atoms with Gasteiger partial charge in [-0.2, -0.15) is 0 Å². The topological polar surface area (TPSA) is 73.6 Å². The average molecular weight is 322 g/mol. The second kappa shape index (κ2) is 6.08. The largest absolute Gasteiger partial charge is 0.463 e. The van der Waals surface area contributed by atoms with Gasteiger partial charge in [0.2, 0.25) is 6.79 Å². The van der Waals surface area contributed by atoms with Gasteiger partial charge in [0.05, 0.1) is 6.26 Å². The van der Waals surface area contributed by atoms with Gasteiger partial charge in [-0.1, -0.05) is 6.07 Å². The van der Waals surface area contributed by atoms with Gasteiger partial charge in [-0.25, -0.2) is 0 Å². The molecule has 120 valence electrons. The number of ether oxygens (including phenoxy) is 2. The minimum Gasteiger partial charge on any atom is -0.463 e. The molecule has 24 heavy (non-hydrogen) atoms.